The molecule has 0 aromatic carbocycles. The molecular weight excluding hydrogens is 588 g/mol. The predicted octanol–water partition coefficient (Wildman–Crippen LogP) is 8.43. The monoisotopic (exact) mass is 648 g/mol. The Kier molecular flexibility index (Phi) is 30.5. The third kappa shape index (κ3) is 57.6. The summed E-state index contributed by atoms with van der Waals surface area (Å²) in [6, 6.07) is 0. The molecule has 0 aliphatic heterocycles. The summed E-state index contributed by atoms with van der Waals surface area (Å²) in [6.45, 7) is 33.5. The van der Waals surface area contributed by atoms with Crippen molar-refractivity contribution in [1.29, 1.82) is 0 Å². The van der Waals surface area contributed by atoms with Crippen LogP contribution in [0.5, 0.6) is 0 Å². The van der Waals surface area contributed by atoms with Gasteiger partial charge in [-0.2, -0.15) is 0 Å². The largest absolute Gasteiger partial charge is 0.381 e. The van der Waals surface area contributed by atoms with E-state index in [1.165, 1.54) is 0 Å². The van der Waals surface area contributed by atoms with Gasteiger partial charge in [0.05, 0.1) is 13.2 Å². The Bertz CT molecular complexity index is 1390. The van der Waals surface area contributed by atoms with E-state index in [1.54, 1.807) is 6.92 Å². The van der Waals surface area contributed by atoms with Gasteiger partial charge in [-0.15, -0.1) is 6.42 Å². The second-order valence-corrected chi connectivity index (χ2v) is 15.3. The number of hydrogen-bond acceptors (Lipinski definition) is 3. The lowest BCUT2D eigenvalue weighted by Gasteiger charge is -2.20. The van der Waals surface area contributed by atoms with E-state index >= 15 is 0 Å². The van der Waals surface area contributed by atoms with E-state index in [1.807, 2.05) is 0 Å². The first-order valence-electron chi connectivity index (χ1n) is 16.4. The van der Waals surface area contributed by atoms with Gasteiger partial charge in [-0.25, -0.2) is 0 Å². The predicted molar refractivity (Wildman–Crippen MR) is 205 cm³/mol. The van der Waals surface area contributed by atoms with Crippen LogP contribution in [0, 0.1) is 129 Å². The number of rotatable bonds is 11. The summed E-state index contributed by atoms with van der Waals surface area (Å²) in [5, 5.41) is 0. The van der Waals surface area contributed by atoms with Crippen molar-refractivity contribution in [2.75, 3.05) is 39.6 Å². The Morgan fingerprint density at radius 1 is 0.333 bits per heavy atom. The zero-order valence-electron chi connectivity index (χ0n) is 32.4. The van der Waals surface area contributed by atoms with Crippen molar-refractivity contribution < 1.29 is 14.2 Å². The van der Waals surface area contributed by atoms with Crippen LogP contribution in [0.2, 0.25) is 0 Å². The lowest BCUT2D eigenvalue weighted by Crippen LogP contribution is -2.14. The highest BCUT2D eigenvalue weighted by atomic mass is 16.5. The minimum Gasteiger partial charge on any atom is -0.381 e. The standard InChI is InChI=1S/C19H4.C14H30O2.C12H26O/c1-3-5-7-9-11-13-15-17-19-18-16-14-12-10-8-6-4-2;1-13(2,3)7-9-15-11-12-16-10-8-14(4,5)6;1-11(2,3)7-9-13-10-8-12(4,5)6/h1H,2H3;7-12H2,1-6H3;7-10H2,1-6H3. The molecule has 0 aliphatic rings. The summed E-state index contributed by atoms with van der Waals surface area (Å²) in [7, 11) is 0. The van der Waals surface area contributed by atoms with Crippen LogP contribution in [0.3, 0.4) is 0 Å². The molecule has 3 nitrogen and oxygen atoms in total. The first kappa shape index (κ1) is 48.3. The van der Waals surface area contributed by atoms with Crippen molar-refractivity contribution in [3.8, 4) is 107 Å². The van der Waals surface area contributed by atoms with E-state index < -0.39 is 0 Å². The zero-order valence-corrected chi connectivity index (χ0v) is 32.4. The Hall–Kier alpha value is -4.08. The lowest BCUT2D eigenvalue weighted by molar-refractivity contribution is 0.0312. The second-order valence-electron chi connectivity index (χ2n) is 15.3. The van der Waals surface area contributed by atoms with E-state index in [4.69, 9.17) is 20.6 Å². The minimum atomic E-state index is 0.368. The molecule has 0 aromatic rings. The Morgan fingerprint density at radius 3 is 0.750 bits per heavy atom. The summed E-state index contributed by atoms with van der Waals surface area (Å²) in [6.07, 6.45) is 9.40. The maximum absolute atomic E-state index is 5.59. The van der Waals surface area contributed by atoms with Gasteiger partial charge in [0.2, 0.25) is 0 Å². The van der Waals surface area contributed by atoms with Crippen LogP contribution in [-0.4, -0.2) is 39.6 Å². The van der Waals surface area contributed by atoms with Gasteiger partial charge in [-0.05, 0) is 149 Å². The Morgan fingerprint density at radius 2 is 0.542 bits per heavy atom. The highest BCUT2D eigenvalue weighted by Gasteiger charge is 2.12. The van der Waals surface area contributed by atoms with Crippen LogP contribution in [0.1, 0.15) is 116 Å². The molecule has 0 heterocycles. The molecule has 0 radical (unpaired) electrons. The van der Waals surface area contributed by atoms with E-state index in [2.05, 4.69) is 184 Å². The quantitative estimate of drug-likeness (QED) is 0.166. The summed E-state index contributed by atoms with van der Waals surface area (Å²) in [5.74, 6) is 41.9. The SMILES string of the molecule is C#CC#CC#CC#CC#CC#CC#CC#CC#CC.CC(C)(C)CCOCCC(C)(C)C.CC(C)(C)CCOCCOCCC(C)(C)C. The molecule has 0 N–H and O–H groups in total. The molecule has 0 amide bonds. The van der Waals surface area contributed by atoms with Crippen molar-refractivity contribution in [3.63, 3.8) is 0 Å². The number of hydrogen-bond donors (Lipinski definition) is 0. The van der Waals surface area contributed by atoms with E-state index in [-0.39, 0.29) is 0 Å². The number of terminal acetylenes is 1. The van der Waals surface area contributed by atoms with Crippen molar-refractivity contribution in [2.24, 2.45) is 21.7 Å². The van der Waals surface area contributed by atoms with Crippen LogP contribution in [0.15, 0.2) is 0 Å². The Balaban J connectivity index is -0.000000645. The molecule has 0 atom stereocenters. The molecule has 0 aromatic heterocycles. The molecule has 0 unspecified atom stereocenters. The second kappa shape index (κ2) is 30.3. The smallest absolute Gasteiger partial charge is 0.0700 e. The molecular formula is C45H60O3. The molecule has 0 saturated carbocycles. The van der Waals surface area contributed by atoms with Gasteiger partial charge in [0.15, 0.2) is 0 Å². The van der Waals surface area contributed by atoms with Crippen molar-refractivity contribution >= 4 is 0 Å². The van der Waals surface area contributed by atoms with Gasteiger partial charge in [-0.1, -0.05) is 89.0 Å². The van der Waals surface area contributed by atoms with Gasteiger partial charge in [-0.3, -0.25) is 0 Å². The van der Waals surface area contributed by atoms with Gasteiger partial charge < -0.3 is 14.2 Å². The van der Waals surface area contributed by atoms with Gasteiger partial charge in [0.25, 0.3) is 0 Å². The molecule has 0 aliphatic carbocycles. The van der Waals surface area contributed by atoms with Gasteiger partial charge in [0.1, 0.15) is 0 Å². The number of ether oxygens (including phenoxy) is 3. The third-order valence-electron chi connectivity index (χ3n) is 5.43. The summed E-state index contributed by atoms with van der Waals surface area (Å²) in [5.41, 5.74) is 1.55. The van der Waals surface area contributed by atoms with Crippen LogP contribution in [-0.2, 0) is 14.2 Å². The normalized spacial score (nSPS) is 9.50. The molecule has 0 spiro atoms. The van der Waals surface area contributed by atoms with Gasteiger partial charge in [0, 0.05) is 26.4 Å². The molecule has 0 fully saturated rings. The highest BCUT2D eigenvalue weighted by molar-refractivity contribution is 5.46. The highest BCUT2D eigenvalue weighted by Crippen LogP contribution is 2.21. The topological polar surface area (TPSA) is 27.7 Å². The fourth-order valence-corrected chi connectivity index (χ4v) is 2.44. The fraction of sp³-hybridized carbons (Fsp3) is 0.600. The fourth-order valence-electron chi connectivity index (χ4n) is 2.44. The summed E-state index contributed by atoms with van der Waals surface area (Å²) in [4.78, 5) is 0. The van der Waals surface area contributed by atoms with E-state index in [0.717, 1.165) is 65.3 Å². The lowest BCUT2D eigenvalue weighted by atomic mass is 9.92. The molecule has 3 heteroatoms. The first-order chi connectivity index (χ1) is 22.3. The maximum atomic E-state index is 5.59. The maximum Gasteiger partial charge on any atom is 0.0700 e. The van der Waals surface area contributed by atoms with Crippen molar-refractivity contribution in [2.45, 2.75) is 116 Å². The minimum absolute atomic E-state index is 0.368. The average Bonchev–Trinajstić information content (AvgIpc) is 2.95. The van der Waals surface area contributed by atoms with Crippen LogP contribution in [0.4, 0.5) is 0 Å². The van der Waals surface area contributed by atoms with Crippen LogP contribution >= 0.6 is 0 Å². The Labute approximate surface area is 297 Å². The molecule has 0 saturated heterocycles. The van der Waals surface area contributed by atoms with Crippen molar-refractivity contribution in [3.05, 3.63) is 0 Å². The van der Waals surface area contributed by atoms with Crippen LogP contribution in [0.25, 0.3) is 0 Å². The molecule has 0 rings (SSSR count). The molecule has 258 valence electrons. The first-order valence-corrected chi connectivity index (χ1v) is 16.4. The van der Waals surface area contributed by atoms with E-state index in [9.17, 15) is 0 Å². The van der Waals surface area contributed by atoms with Crippen LogP contribution < -0.4 is 0 Å². The zero-order chi connectivity index (χ0) is 37.2. The molecule has 0 bridgehead atoms. The summed E-state index contributed by atoms with van der Waals surface area (Å²) >= 11 is 0. The van der Waals surface area contributed by atoms with E-state index in [0.29, 0.717) is 21.7 Å². The third-order valence-corrected chi connectivity index (χ3v) is 5.43. The molecule has 48 heavy (non-hydrogen) atoms. The van der Waals surface area contributed by atoms with Crippen molar-refractivity contribution in [1.82, 2.24) is 0 Å². The van der Waals surface area contributed by atoms with Gasteiger partial charge >= 0.3 is 0 Å². The summed E-state index contributed by atoms with van der Waals surface area (Å²) < 4.78 is 16.6. The average molecular weight is 649 g/mol.